The van der Waals surface area contributed by atoms with Gasteiger partial charge in [-0.3, -0.25) is 0 Å². The summed E-state index contributed by atoms with van der Waals surface area (Å²) in [5.41, 5.74) is -0.859. The fraction of sp³-hybridized carbons (Fsp3) is 0.368. The van der Waals surface area contributed by atoms with Gasteiger partial charge in [0.05, 0.1) is 21.2 Å². The molecule has 0 heterocycles. The summed E-state index contributed by atoms with van der Waals surface area (Å²) in [5.74, 6) is 0.502. The van der Waals surface area contributed by atoms with E-state index in [-0.39, 0.29) is 23.2 Å². The van der Waals surface area contributed by atoms with Crippen LogP contribution in [-0.2, 0) is 16.2 Å². The lowest BCUT2D eigenvalue weighted by Crippen LogP contribution is -2.30. The molecule has 2 N–H and O–H groups in total. The summed E-state index contributed by atoms with van der Waals surface area (Å²) >= 11 is 11.9. The van der Waals surface area contributed by atoms with E-state index in [9.17, 15) is 21.6 Å². The van der Waals surface area contributed by atoms with Gasteiger partial charge in [-0.15, -0.1) is 0 Å². The van der Waals surface area contributed by atoms with Gasteiger partial charge in [0, 0.05) is 17.3 Å². The minimum atomic E-state index is -4.85. The summed E-state index contributed by atoms with van der Waals surface area (Å²) in [6, 6.07) is 7.45. The Kier molecular flexibility index (Phi) is 6.38. The quantitative estimate of drug-likeness (QED) is 0.519. The fourth-order valence-electron chi connectivity index (χ4n) is 2.96. The van der Waals surface area contributed by atoms with Crippen LogP contribution in [0.15, 0.2) is 41.3 Å². The molecule has 4 nitrogen and oxygen atoms in total. The molecule has 0 spiro atoms. The molecule has 0 aromatic heterocycles. The van der Waals surface area contributed by atoms with Crippen molar-refractivity contribution in [3.8, 4) is 0 Å². The third-order valence-corrected chi connectivity index (χ3v) is 6.84. The summed E-state index contributed by atoms with van der Waals surface area (Å²) < 4.78 is 68.2. The lowest BCUT2D eigenvalue weighted by molar-refractivity contribution is -0.139. The van der Waals surface area contributed by atoms with Gasteiger partial charge in [-0.1, -0.05) is 30.1 Å². The summed E-state index contributed by atoms with van der Waals surface area (Å²) in [6.07, 6.45) is -2.82. The largest absolute Gasteiger partial charge is 0.417 e. The van der Waals surface area contributed by atoms with E-state index in [2.05, 4.69) is 10.0 Å². The maximum absolute atomic E-state index is 13.6. The molecule has 1 aliphatic rings. The average molecular weight is 467 g/mol. The topological polar surface area (TPSA) is 58.2 Å². The van der Waals surface area contributed by atoms with E-state index in [1.165, 1.54) is 24.3 Å². The number of alkyl halides is 3. The molecule has 0 saturated heterocycles. The number of halogens is 5. The number of anilines is 2. The highest BCUT2D eigenvalue weighted by Gasteiger charge is 2.38. The molecule has 158 valence electrons. The molecule has 3 rings (SSSR count). The first-order chi connectivity index (χ1) is 13.5. The highest BCUT2D eigenvalue weighted by molar-refractivity contribution is 7.89. The maximum Gasteiger partial charge on any atom is 0.417 e. The zero-order chi connectivity index (χ0) is 21.4. The minimum Gasteiger partial charge on any atom is -0.354 e. The van der Waals surface area contributed by atoms with E-state index < -0.39 is 26.7 Å². The van der Waals surface area contributed by atoms with Crippen LogP contribution in [0.5, 0.6) is 0 Å². The summed E-state index contributed by atoms with van der Waals surface area (Å²) in [6.45, 7) is 1.98. The molecule has 1 saturated carbocycles. The second kappa shape index (κ2) is 8.34. The smallest absolute Gasteiger partial charge is 0.354 e. The van der Waals surface area contributed by atoms with E-state index in [1.54, 1.807) is 0 Å². The van der Waals surface area contributed by atoms with E-state index >= 15 is 0 Å². The minimum absolute atomic E-state index is 0.0480. The zero-order valence-corrected chi connectivity index (χ0v) is 17.7. The van der Waals surface area contributed by atoms with Crippen molar-refractivity contribution < 1.29 is 21.6 Å². The Labute approximate surface area is 177 Å². The van der Waals surface area contributed by atoms with Crippen molar-refractivity contribution in [2.24, 2.45) is 11.8 Å². The van der Waals surface area contributed by atoms with E-state index in [0.717, 1.165) is 25.0 Å². The first-order valence-corrected chi connectivity index (χ1v) is 11.1. The number of hydrogen-bond donors (Lipinski definition) is 2. The Balaban J connectivity index is 1.89. The highest BCUT2D eigenvalue weighted by atomic mass is 35.5. The zero-order valence-electron chi connectivity index (χ0n) is 15.4. The van der Waals surface area contributed by atoms with Gasteiger partial charge < -0.3 is 5.32 Å². The van der Waals surface area contributed by atoms with E-state index in [4.69, 9.17) is 23.2 Å². The summed E-state index contributed by atoms with van der Waals surface area (Å²) in [4.78, 5) is -0.805. The van der Waals surface area contributed by atoms with Gasteiger partial charge in [0.2, 0.25) is 10.0 Å². The first-order valence-electron chi connectivity index (χ1n) is 8.90. The Hall–Kier alpha value is -1.48. The molecule has 0 aliphatic heterocycles. The van der Waals surface area contributed by atoms with Crippen molar-refractivity contribution in [3.05, 3.63) is 52.0 Å². The van der Waals surface area contributed by atoms with Gasteiger partial charge in [0.25, 0.3) is 0 Å². The second-order valence-corrected chi connectivity index (χ2v) is 9.70. The molecule has 1 fully saturated rings. The van der Waals surface area contributed by atoms with Gasteiger partial charge in [-0.2, -0.15) is 13.2 Å². The lowest BCUT2D eigenvalue weighted by Gasteiger charge is -2.18. The van der Waals surface area contributed by atoms with Crippen LogP contribution in [0.4, 0.5) is 24.5 Å². The van der Waals surface area contributed by atoms with Crippen LogP contribution in [0.25, 0.3) is 0 Å². The molecule has 0 radical (unpaired) electrons. The predicted octanol–water partition coefficient (Wildman–Crippen LogP) is 6.08. The first kappa shape index (κ1) is 22.2. The van der Waals surface area contributed by atoms with Crippen molar-refractivity contribution in [1.82, 2.24) is 4.72 Å². The van der Waals surface area contributed by atoms with Crippen LogP contribution in [-0.4, -0.2) is 15.0 Å². The molecule has 1 atom stereocenters. The summed E-state index contributed by atoms with van der Waals surface area (Å²) in [7, 11) is -4.32. The van der Waals surface area contributed by atoms with Crippen molar-refractivity contribution >= 4 is 44.6 Å². The van der Waals surface area contributed by atoms with Crippen LogP contribution in [0.3, 0.4) is 0 Å². The molecule has 29 heavy (non-hydrogen) atoms. The van der Waals surface area contributed by atoms with Crippen molar-refractivity contribution in [3.63, 3.8) is 0 Å². The molecular formula is C19H19Cl2F3N2O2S. The average Bonchev–Trinajstić information content (AvgIpc) is 3.46. The Morgan fingerprint density at radius 2 is 1.83 bits per heavy atom. The van der Waals surface area contributed by atoms with Crippen LogP contribution < -0.4 is 10.0 Å². The number of benzene rings is 2. The highest BCUT2D eigenvalue weighted by Crippen LogP contribution is 2.38. The summed E-state index contributed by atoms with van der Waals surface area (Å²) in [5, 5.41) is 3.36. The molecular weight excluding hydrogens is 448 g/mol. The van der Waals surface area contributed by atoms with Crippen LogP contribution in [0.2, 0.25) is 10.0 Å². The van der Waals surface area contributed by atoms with Gasteiger partial charge in [0.1, 0.15) is 0 Å². The van der Waals surface area contributed by atoms with Gasteiger partial charge in [0.15, 0.2) is 0 Å². The standard InChI is InChI=1S/C19H19Cl2F3N2O2S/c1-11(12-2-3-12)10-25-29(27,28)18-7-5-14(9-15(18)19(22,23)24)26-17-6-4-13(20)8-16(17)21/h4-9,11-12,25-26H,2-3,10H2,1H3. The van der Waals surface area contributed by atoms with Crippen LogP contribution in [0, 0.1) is 11.8 Å². The molecule has 2 aromatic carbocycles. The Morgan fingerprint density at radius 3 is 2.41 bits per heavy atom. The van der Waals surface area contributed by atoms with Gasteiger partial charge in [-0.05, 0) is 61.1 Å². The maximum atomic E-state index is 13.6. The predicted molar refractivity (Wildman–Crippen MR) is 108 cm³/mol. The van der Waals surface area contributed by atoms with Gasteiger partial charge >= 0.3 is 6.18 Å². The SMILES string of the molecule is CC(CNS(=O)(=O)c1ccc(Nc2ccc(Cl)cc2Cl)cc1C(F)(F)F)C1CC1. The van der Waals surface area contributed by atoms with Gasteiger partial charge in [-0.25, -0.2) is 13.1 Å². The van der Waals surface area contributed by atoms with E-state index in [1.807, 2.05) is 6.92 Å². The lowest BCUT2D eigenvalue weighted by atomic mass is 10.1. The molecule has 0 amide bonds. The number of rotatable bonds is 7. The number of nitrogens with one attached hydrogen (secondary N) is 2. The molecule has 1 unspecified atom stereocenters. The normalized spacial score (nSPS) is 15.9. The second-order valence-electron chi connectivity index (χ2n) is 7.12. The van der Waals surface area contributed by atoms with Crippen LogP contribution in [0.1, 0.15) is 25.3 Å². The molecule has 1 aliphatic carbocycles. The third-order valence-electron chi connectivity index (χ3n) is 4.81. The van der Waals surface area contributed by atoms with Crippen LogP contribution >= 0.6 is 23.2 Å². The molecule has 2 aromatic rings. The monoisotopic (exact) mass is 466 g/mol. The molecule has 0 bridgehead atoms. The fourth-order valence-corrected chi connectivity index (χ4v) is 4.77. The molecule has 10 heteroatoms. The number of hydrogen-bond acceptors (Lipinski definition) is 3. The number of sulfonamides is 1. The van der Waals surface area contributed by atoms with Crippen molar-refractivity contribution in [2.45, 2.75) is 30.8 Å². The van der Waals surface area contributed by atoms with E-state index in [0.29, 0.717) is 16.6 Å². The van der Waals surface area contributed by atoms with Crippen molar-refractivity contribution in [1.29, 1.82) is 0 Å². The third kappa shape index (κ3) is 5.57. The Morgan fingerprint density at radius 1 is 1.14 bits per heavy atom. The Bertz CT molecular complexity index is 1010. The van der Waals surface area contributed by atoms with Crippen molar-refractivity contribution in [2.75, 3.05) is 11.9 Å².